The molecule has 1 heterocycles. The van der Waals surface area contributed by atoms with E-state index in [9.17, 15) is 0 Å². The molecule has 0 N–H and O–H groups in total. The van der Waals surface area contributed by atoms with Gasteiger partial charge < -0.3 is 0 Å². The highest BCUT2D eigenvalue weighted by Crippen LogP contribution is 2.13. The number of halogens is 2. The molecule has 1 rings (SSSR count). The quantitative estimate of drug-likeness (QED) is 0.626. The molecule has 0 aliphatic carbocycles. The third-order valence-electron chi connectivity index (χ3n) is 0.892. The molecule has 0 aliphatic rings. The van der Waals surface area contributed by atoms with Crippen LogP contribution in [-0.4, -0.2) is 4.98 Å². The summed E-state index contributed by atoms with van der Waals surface area (Å²) in [4.78, 5) is 3.81. The molecule has 2 nitrogen and oxygen atoms in total. The van der Waals surface area contributed by atoms with Crippen LogP contribution in [0.5, 0.6) is 0 Å². The first-order valence-corrected chi connectivity index (χ1v) is 3.62. The zero-order valence-corrected chi connectivity index (χ0v) is 7.15. The van der Waals surface area contributed by atoms with Crippen LogP contribution in [0.1, 0.15) is 5.56 Å². The number of aromatic nitrogens is 1. The predicted octanol–water partition coefficient (Wildman–Crippen LogP) is 2.37. The standard InChI is InChI=1S/C6H2BrClN2/c7-5-1-4(3-9)2-6(8)10-5/h1-2H. The average Bonchev–Trinajstić information content (AvgIpc) is 1.85. The lowest BCUT2D eigenvalue weighted by Gasteiger charge is -1.91. The van der Waals surface area contributed by atoms with E-state index in [1.807, 2.05) is 6.07 Å². The Balaban J connectivity index is 3.22. The molecule has 1 aromatic heterocycles. The number of hydrogen-bond acceptors (Lipinski definition) is 2. The molecule has 0 fully saturated rings. The second-order valence-corrected chi connectivity index (χ2v) is 2.81. The van der Waals surface area contributed by atoms with Gasteiger partial charge in [0.2, 0.25) is 0 Å². The molecule has 50 valence electrons. The summed E-state index contributed by atoms with van der Waals surface area (Å²) in [6, 6.07) is 5.06. The Morgan fingerprint density at radius 3 is 2.80 bits per heavy atom. The van der Waals surface area contributed by atoms with E-state index in [1.165, 1.54) is 6.07 Å². The van der Waals surface area contributed by atoms with Gasteiger partial charge in [-0.15, -0.1) is 0 Å². The molecule has 0 amide bonds. The number of nitrogens with zero attached hydrogens (tertiary/aromatic N) is 2. The van der Waals surface area contributed by atoms with Gasteiger partial charge in [0.15, 0.2) is 0 Å². The lowest BCUT2D eigenvalue weighted by molar-refractivity contribution is 1.26. The fourth-order valence-electron chi connectivity index (χ4n) is 0.529. The highest BCUT2D eigenvalue weighted by Gasteiger charge is 1.95. The molecule has 0 spiro atoms. The molecule has 0 saturated carbocycles. The first kappa shape index (κ1) is 7.52. The van der Waals surface area contributed by atoms with Crippen molar-refractivity contribution in [2.75, 3.05) is 0 Å². The van der Waals surface area contributed by atoms with Crippen molar-refractivity contribution in [2.45, 2.75) is 0 Å². The number of nitriles is 1. The molecule has 0 aliphatic heterocycles. The second kappa shape index (κ2) is 3.00. The lowest BCUT2D eigenvalue weighted by atomic mass is 10.3. The fraction of sp³-hybridized carbons (Fsp3) is 0. The van der Waals surface area contributed by atoms with Crippen LogP contribution >= 0.6 is 27.5 Å². The van der Waals surface area contributed by atoms with Gasteiger partial charge in [-0.2, -0.15) is 5.26 Å². The van der Waals surface area contributed by atoms with Gasteiger partial charge >= 0.3 is 0 Å². The van der Waals surface area contributed by atoms with Crippen LogP contribution in [0.15, 0.2) is 16.7 Å². The summed E-state index contributed by atoms with van der Waals surface area (Å²) in [5, 5.41) is 8.75. The summed E-state index contributed by atoms with van der Waals surface area (Å²) in [6.07, 6.45) is 0. The Hall–Kier alpha value is -0.590. The summed E-state index contributed by atoms with van der Waals surface area (Å²) in [5.74, 6) is 0. The lowest BCUT2D eigenvalue weighted by Crippen LogP contribution is -1.79. The fourth-order valence-corrected chi connectivity index (χ4v) is 1.28. The van der Waals surface area contributed by atoms with E-state index in [2.05, 4.69) is 20.9 Å². The van der Waals surface area contributed by atoms with Gasteiger partial charge in [0.1, 0.15) is 9.76 Å². The topological polar surface area (TPSA) is 36.7 Å². The smallest absolute Gasteiger partial charge is 0.131 e. The number of hydrogen-bond donors (Lipinski definition) is 0. The average molecular weight is 217 g/mol. The molecule has 0 unspecified atom stereocenters. The molecule has 0 radical (unpaired) electrons. The van der Waals surface area contributed by atoms with Crippen molar-refractivity contribution >= 4 is 27.5 Å². The summed E-state index contributed by atoms with van der Waals surface area (Å²) >= 11 is 8.64. The van der Waals surface area contributed by atoms with E-state index >= 15 is 0 Å². The van der Waals surface area contributed by atoms with Gasteiger partial charge in [-0.1, -0.05) is 11.6 Å². The highest BCUT2D eigenvalue weighted by molar-refractivity contribution is 9.10. The molecule has 0 bridgehead atoms. The minimum absolute atomic E-state index is 0.325. The Labute approximate surface area is 71.6 Å². The van der Waals surface area contributed by atoms with E-state index in [4.69, 9.17) is 16.9 Å². The van der Waals surface area contributed by atoms with Gasteiger partial charge in [0, 0.05) is 0 Å². The van der Waals surface area contributed by atoms with Crippen LogP contribution in [0, 0.1) is 11.3 Å². The van der Waals surface area contributed by atoms with Crippen molar-refractivity contribution in [3.8, 4) is 6.07 Å². The van der Waals surface area contributed by atoms with E-state index in [-0.39, 0.29) is 0 Å². The van der Waals surface area contributed by atoms with Crippen LogP contribution in [0.3, 0.4) is 0 Å². The number of rotatable bonds is 0. The van der Waals surface area contributed by atoms with Gasteiger partial charge in [-0.3, -0.25) is 0 Å². The van der Waals surface area contributed by atoms with Gasteiger partial charge in [0.05, 0.1) is 11.6 Å². The van der Waals surface area contributed by atoms with Crippen LogP contribution in [0.25, 0.3) is 0 Å². The largest absolute Gasteiger partial charge is 0.229 e. The second-order valence-electron chi connectivity index (χ2n) is 1.61. The normalized spacial score (nSPS) is 8.90. The summed E-state index contributed by atoms with van der Waals surface area (Å²) < 4.78 is 0.580. The maximum atomic E-state index is 8.43. The van der Waals surface area contributed by atoms with Crippen LogP contribution in [-0.2, 0) is 0 Å². The van der Waals surface area contributed by atoms with Gasteiger partial charge in [-0.25, -0.2) is 4.98 Å². The first-order valence-electron chi connectivity index (χ1n) is 2.45. The number of pyridine rings is 1. The molecule has 0 aromatic carbocycles. The van der Waals surface area contributed by atoms with Gasteiger partial charge in [-0.05, 0) is 28.1 Å². The zero-order valence-electron chi connectivity index (χ0n) is 4.81. The monoisotopic (exact) mass is 216 g/mol. The molecular weight excluding hydrogens is 215 g/mol. The van der Waals surface area contributed by atoms with Crippen LogP contribution in [0.2, 0.25) is 5.15 Å². The van der Waals surface area contributed by atoms with E-state index < -0.39 is 0 Å². The third kappa shape index (κ3) is 1.69. The van der Waals surface area contributed by atoms with E-state index in [0.29, 0.717) is 15.3 Å². The SMILES string of the molecule is N#Cc1cc(Cl)nc(Br)c1. The van der Waals surface area contributed by atoms with E-state index in [0.717, 1.165) is 0 Å². The van der Waals surface area contributed by atoms with Gasteiger partial charge in [0.25, 0.3) is 0 Å². The van der Waals surface area contributed by atoms with Crippen molar-refractivity contribution in [2.24, 2.45) is 0 Å². The molecule has 10 heavy (non-hydrogen) atoms. The van der Waals surface area contributed by atoms with Crippen molar-refractivity contribution in [1.82, 2.24) is 4.98 Å². The van der Waals surface area contributed by atoms with Crippen LogP contribution < -0.4 is 0 Å². The highest BCUT2D eigenvalue weighted by atomic mass is 79.9. The Morgan fingerprint density at radius 2 is 2.30 bits per heavy atom. The van der Waals surface area contributed by atoms with E-state index in [1.54, 1.807) is 6.07 Å². The van der Waals surface area contributed by atoms with Crippen molar-refractivity contribution < 1.29 is 0 Å². The van der Waals surface area contributed by atoms with Crippen molar-refractivity contribution in [3.05, 3.63) is 27.5 Å². The zero-order chi connectivity index (χ0) is 7.56. The molecule has 0 atom stereocenters. The molecule has 0 saturated heterocycles. The maximum absolute atomic E-state index is 8.43. The third-order valence-corrected chi connectivity index (χ3v) is 1.49. The molecular formula is C6H2BrClN2. The Kier molecular flexibility index (Phi) is 2.25. The molecule has 4 heteroatoms. The maximum Gasteiger partial charge on any atom is 0.131 e. The minimum Gasteiger partial charge on any atom is -0.229 e. The first-order chi connectivity index (χ1) is 4.72. The Bertz CT molecular complexity index is 272. The minimum atomic E-state index is 0.325. The summed E-state index contributed by atoms with van der Waals surface area (Å²) in [6.45, 7) is 0. The van der Waals surface area contributed by atoms with Crippen LogP contribution in [0.4, 0.5) is 0 Å². The molecule has 1 aromatic rings. The summed E-state index contributed by atoms with van der Waals surface area (Å²) in [5.41, 5.74) is 0.506. The predicted molar refractivity (Wildman–Crippen MR) is 41.7 cm³/mol. The Morgan fingerprint density at radius 1 is 1.60 bits per heavy atom. The van der Waals surface area contributed by atoms with Crippen molar-refractivity contribution in [1.29, 1.82) is 5.26 Å². The summed E-state index contributed by atoms with van der Waals surface area (Å²) in [7, 11) is 0. The van der Waals surface area contributed by atoms with Crippen molar-refractivity contribution in [3.63, 3.8) is 0 Å².